The molecule has 4 heterocycles. The second-order valence-corrected chi connectivity index (χ2v) is 6.39. The van der Waals surface area contributed by atoms with E-state index in [0.29, 0.717) is 6.42 Å². The Morgan fingerprint density at radius 3 is 2.90 bits per heavy atom. The van der Waals surface area contributed by atoms with Gasteiger partial charge in [-0.3, -0.25) is 4.79 Å². The van der Waals surface area contributed by atoms with Crippen molar-refractivity contribution >= 4 is 23.2 Å². The highest BCUT2D eigenvalue weighted by molar-refractivity contribution is 6.07. The third kappa shape index (κ3) is 3.65. The molecule has 12 heteroatoms. The fraction of sp³-hybridized carbons (Fsp3) is 0.353. The van der Waals surface area contributed by atoms with Crippen LogP contribution in [0, 0.1) is 0 Å². The number of rotatable bonds is 4. The Balaban J connectivity index is 1.64. The Kier molecular flexibility index (Phi) is 4.68. The predicted molar refractivity (Wildman–Crippen MR) is 95.9 cm³/mol. The molecular weight excluding hydrogens is 391 g/mol. The second-order valence-electron chi connectivity index (χ2n) is 6.39. The summed E-state index contributed by atoms with van der Waals surface area (Å²) < 4.78 is 46.1. The molecule has 4 rings (SSSR count). The highest BCUT2D eigenvalue weighted by Crippen LogP contribution is 2.35. The average Bonchev–Trinajstić information content (AvgIpc) is 3.34. The number of carbonyl (C=O) groups excluding carboxylic acids is 1. The van der Waals surface area contributed by atoms with Gasteiger partial charge in [-0.05, 0) is 25.0 Å². The van der Waals surface area contributed by atoms with Crippen LogP contribution in [0.4, 0.5) is 24.8 Å². The molecule has 1 atom stereocenters. The summed E-state index contributed by atoms with van der Waals surface area (Å²) in [6, 6.07) is 1.42. The fourth-order valence-corrected chi connectivity index (χ4v) is 3.25. The first kappa shape index (κ1) is 18.9. The van der Waals surface area contributed by atoms with E-state index in [1.165, 1.54) is 47.2 Å². The summed E-state index contributed by atoms with van der Waals surface area (Å²) in [6.07, 6.45) is 0.270. The summed E-state index contributed by atoms with van der Waals surface area (Å²) >= 11 is 0. The van der Waals surface area contributed by atoms with Crippen LogP contribution in [0.3, 0.4) is 0 Å². The lowest BCUT2D eigenvalue weighted by molar-refractivity contribution is -0.146. The Hall–Kier alpha value is -3.44. The minimum atomic E-state index is -4.35. The number of amides is 1. The van der Waals surface area contributed by atoms with E-state index in [1.54, 1.807) is 0 Å². The first-order chi connectivity index (χ1) is 13.9. The standard InChI is InChI=1S/C17H16F3N7O2/c1-29-16-21-6-4-12(24-16)23-15(28)10-9-22-27-8-5-13(25-14(10)27)26-7-2-3-11(26)17(18,19)20/h4-6,8-9,11H,2-3,7H2,1H3,(H,21,23,24,28). The van der Waals surface area contributed by atoms with Gasteiger partial charge < -0.3 is 15.0 Å². The monoisotopic (exact) mass is 407 g/mol. The van der Waals surface area contributed by atoms with E-state index in [0.717, 1.165) is 0 Å². The van der Waals surface area contributed by atoms with Gasteiger partial charge in [-0.15, -0.1) is 0 Å². The molecule has 0 aromatic carbocycles. The lowest BCUT2D eigenvalue weighted by Gasteiger charge is -2.27. The summed E-state index contributed by atoms with van der Waals surface area (Å²) in [5.74, 6) is -0.205. The van der Waals surface area contributed by atoms with Crippen LogP contribution in [0.5, 0.6) is 6.01 Å². The van der Waals surface area contributed by atoms with Crippen molar-refractivity contribution in [2.75, 3.05) is 23.9 Å². The molecule has 0 spiro atoms. The summed E-state index contributed by atoms with van der Waals surface area (Å²) in [4.78, 5) is 26.0. The molecule has 1 aliphatic rings. The maximum absolute atomic E-state index is 13.3. The van der Waals surface area contributed by atoms with E-state index in [1.807, 2.05) is 0 Å². The third-order valence-electron chi connectivity index (χ3n) is 4.58. The molecule has 1 fully saturated rings. The molecule has 0 aliphatic carbocycles. The highest BCUT2D eigenvalue weighted by Gasteiger charge is 2.46. The highest BCUT2D eigenvalue weighted by atomic mass is 19.4. The van der Waals surface area contributed by atoms with E-state index < -0.39 is 18.1 Å². The van der Waals surface area contributed by atoms with Crippen LogP contribution in [-0.2, 0) is 0 Å². The summed E-state index contributed by atoms with van der Waals surface area (Å²) in [5.41, 5.74) is 0.251. The number of carbonyl (C=O) groups is 1. The van der Waals surface area contributed by atoms with Crippen LogP contribution in [0.2, 0.25) is 0 Å². The molecule has 1 aliphatic heterocycles. The van der Waals surface area contributed by atoms with Gasteiger partial charge in [0.25, 0.3) is 5.91 Å². The zero-order valence-electron chi connectivity index (χ0n) is 15.2. The number of fused-ring (bicyclic) bond motifs is 1. The number of hydrogen-bond acceptors (Lipinski definition) is 7. The van der Waals surface area contributed by atoms with Crippen LogP contribution in [0.1, 0.15) is 23.2 Å². The van der Waals surface area contributed by atoms with Gasteiger partial charge in [0.05, 0.1) is 13.3 Å². The third-order valence-corrected chi connectivity index (χ3v) is 4.58. The van der Waals surface area contributed by atoms with Crippen molar-refractivity contribution in [3.8, 4) is 6.01 Å². The molecule has 1 unspecified atom stereocenters. The van der Waals surface area contributed by atoms with E-state index in [4.69, 9.17) is 4.74 Å². The Morgan fingerprint density at radius 2 is 2.14 bits per heavy atom. The minimum absolute atomic E-state index is 0.0124. The maximum Gasteiger partial charge on any atom is 0.408 e. The molecule has 3 aromatic heterocycles. The maximum atomic E-state index is 13.3. The van der Waals surface area contributed by atoms with Gasteiger partial charge in [0, 0.05) is 18.9 Å². The average molecular weight is 407 g/mol. The molecule has 9 nitrogen and oxygen atoms in total. The molecular formula is C17H16F3N7O2. The topological polar surface area (TPSA) is 97.5 Å². The zero-order chi connectivity index (χ0) is 20.6. The number of hydrogen-bond donors (Lipinski definition) is 1. The number of alkyl halides is 3. The SMILES string of the molecule is COc1nccc(NC(=O)c2cnn3ccc(N4CCCC4C(F)(F)F)nc23)n1. The summed E-state index contributed by atoms with van der Waals surface area (Å²) in [7, 11) is 1.39. The molecule has 1 amide bonds. The van der Waals surface area contributed by atoms with Gasteiger partial charge in [0.15, 0.2) is 5.65 Å². The second kappa shape index (κ2) is 7.18. The summed E-state index contributed by atoms with van der Waals surface area (Å²) in [6.45, 7) is 0.240. The van der Waals surface area contributed by atoms with Crippen molar-refractivity contribution in [2.45, 2.75) is 25.1 Å². The molecule has 0 radical (unpaired) electrons. The first-order valence-corrected chi connectivity index (χ1v) is 8.73. The van der Waals surface area contributed by atoms with Crippen LogP contribution in [0.25, 0.3) is 5.65 Å². The van der Waals surface area contributed by atoms with Crippen molar-refractivity contribution in [1.29, 1.82) is 0 Å². The van der Waals surface area contributed by atoms with Crippen LogP contribution in [0.15, 0.2) is 30.7 Å². The van der Waals surface area contributed by atoms with Gasteiger partial charge in [-0.25, -0.2) is 14.5 Å². The molecule has 1 saturated heterocycles. The van der Waals surface area contributed by atoms with Gasteiger partial charge in [-0.1, -0.05) is 0 Å². The quantitative estimate of drug-likeness (QED) is 0.709. The number of nitrogens with zero attached hydrogens (tertiary/aromatic N) is 6. The normalized spacial score (nSPS) is 17.0. The van der Waals surface area contributed by atoms with Crippen molar-refractivity contribution in [1.82, 2.24) is 24.6 Å². The Bertz CT molecular complexity index is 1050. The molecule has 1 N–H and O–H groups in total. The lowest BCUT2D eigenvalue weighted by atomic mass is 10.2. The van der Waals surface area contributed by atoms with Crippen LogP contribution < -0.4 is 15.0 Å². The molecule has 29 heavy (non-hydrogen) atoms. The fourth-order valence-electron chi connectivity index (χ4n) is 3.25. The smallest absolute Gasteiger partial charge is 0.408 e. The first-order valence-electron chi connectivity index (χ1n) is 8.73. The number of methoxy groups -OCH3 is 1. The number of ether oxygens (including phenoxy) is 1. The van der Waals surface area contributed by atoms with E-state index in [-0.39, 0.29) is 41.8 Å². The predicted octanol–water partition coefficient (Wildman–Crippen LogP) is 2.31. The van der Waals surface area contributed by atoms with E-state index in [2.05, 4.69) is 25.4 Å². The van der Waals surface area contributed by atoms with Crippen molar-refractivity contribution in [3.63, 3.8) is 0 Å². The van der Waals surface area contributed by atoms with Gasteiger partial charge in [0.2, 0.25) is 0 Å². The molecule has 152 valence electrons. The number of anilines is 2. The van der Waals surface area contributed by atoms with Crippen molar-refractivity contribution in [2.24, 2.45) is 0 Å². The van der Waals surface area contributed by atoms with E-state index in [9.17, 15) is 18.0 Å². The Morgan fingerprint density at radius 1 is 1.31 bits per heavy atom. The number of halogens is 3. The van der Waals surface area contributed by atoms with Gasteiger partial charge in [0.1, 0.15) is 23.2 Å². The van der Waals surface area contributed by atoms with Crippen molar-refractivity contribution in [3.05, 3.63) is 36.3 Å². The molecule has 3 aromatic rings. The minimum Gasteiger partial charge on any atom is -0.467 e. The van der Waals surface area contributed by atoms with Gasteiger partial charge >= 0.3 is 12.2 Å². The lowest BCUT2D eigenvalue weighted by Crippen LogP contribution is -2.41. The molecule has 0 saturated carbocycles. The zero-order valence-corrected chi connectivity index (χ0v) is 15.2. The molecule has 0 bridgehead atoms. The van der Waals surface area contributed by atoms with Crippen LogP contribution in [-0.4, -0.2) is 56.3 Å². The Labute approximate surface area is 162 Å². The van der Waals surface area contributed by atoms with E-state index >= 15 is 0 Å². The largest absolute Gasteiger partial charge is 0.467 e. The van der Waals surface area contributed by atoms with Crippen molar-refractivity contribution < 1.29 is 22.7 Å². The number of nitrogens with one attached hydrogen (secondary N) is 1. The van der Waals surface area contributed by atoms with Gasteiger partial charge in [-0.2, -0.15) is 23.3 Å². The summed E-state index contributed by atoms with van der Waals surface area (Å²) in [5, 5.41) is 6.62. The van der Waals surface area contributed by atoms with Crippen LogP contribution >= 0.6 is 0 Å². The number of aromatic nitrogens is 5.